The van der Waals surface area contributed by atoms with Gasteiger partial charge in [-0.05, 0) is 12.8 Å². The van der Waals surface area contributed by atoms with Gasteiger partial charge in [0.15, 0.2) is 0 Å². The fourth-order valence-electron chi connectivity index (χ4n) is 2.11. The Morgan fingerprint density at radius 3 is 2.06 bits per heavy atom. The Bertz CT molecular complexity index is 153. The van der Waals surface area contributed by atoms with E-state index in [1.807, 2.05) is 0 Å². The molecule has 0 saturated carbocycles. The van der Waals surface area contributed by atoms with Crippen molar-refractivity contribution in [2.24, 2.45) is 5.84 Å². The highest BCUT2D eigenvalue weighted by atomic mass is 16.5. The number of nitrogens with one attached hydrogen (secondary N) is 1. The molecule has 18 heavy (non-hydrogen) atoms. The molecule has 0 heterocycles. The molecule has 1 unspecified atom stereocenters. The highest BCUT2D eigenvalue weighted by Crippen LogP contribution is 2.10. The fourth-order valence-corrected chi connectivity index (χ4v) is 2.11. The van der Waals surface area contributed by atoms with Gasteiger partial charge in [-0.2, -0.15) is 0 Å². The topological polar surface area (TPSA) is 47.3 Å². The summed E-state index contributed by atoms with van der Waals surface area (Å²) in [5, 5.41) is 0. The molecular weight excluding hydrogens is 224 g/mol. The lowest BCUT2D eigenvalue weighted by molar-refractivity contribution is 0.108. The monoisotopic (exact) mass is 258 g/mol. The van der Waals surface area contributed by atoms with Crippen molar-refractivity contribution in [1.29, 1.82) is 0 Å². The zero-order chi connectivity index (χ0) is 13.5. The van der Waals surface area contributed by atoms with Gasteiger partial charge in [0.1, 0.15) is 0 Å². The Labute approximate surface area is 114 Å². The van der Waals surface area contributed by atoms with Crippen LogP contribution in [0.1, 0.15) is 78.1 Å². The minimum atomic E-state index is 0.330. The molecule has 0 aliphatic carbocycles. The summed E-state index contributed by atoms with van der Waals surface area (Å²) in [6.07, 6.45) is 13.1. The van der Waals surface area contributed by atoms with Crippen molar-refractivity contribution < 1.29 is 4.74 Å². The van der Waals surface area contributed by atoms with Gasteiger partial charge in [-0.1, -0.05) is 65.2 Å². The van der Waals surface area contributed by atoms with Crippen molar-refractivity contribution in [2.45, 2.75) is 84.1 Å². The summed E-state index contributed by atoms with van der Waals surface area (Å²) < 4.78 is 5.52. The molecule has 0 aromatic rings. The third-order valence-electron chi connectivity index (χ3n) is 3.31. The lowest BCUT2D eigenvalue weighted by atomic mass is 10.1. The molecule has 0 rings (SSSR count). The zero-order valence-corrected chi connectivity index (χ0v) is 12.5. The van der Waals surface area contributed by atoms with Crippen LogP contribution < -0.4 is 11.3 Å². The minimum Gasteiger partial charge on any atom is -0.380 e. The summed E-state index contributed by atoms with van der Waals surface area (Å²) in [6.45, 7) is 5.99. The summed E-state index contributed by atoms with van der Waals surface area (Å²) >= 11 is 0. The molecule has 3 nitrogen and oxygen atoms in total. The number of nitrogens with two attached hydrogens (primary N) is 1. The summed E-state index contributed by atoms with van der Waals surface area (Å²) in [7, 11) is 0. The molecule has 0 aromatic carbocycles. The van der Waals surface area contributed by atoms with Crippen molar-refractivity contribution in [3.05, 3.63) is 0 Å². The van der Waals surface area contributed by atoms with E-state index in [0.717, 1.165) is 26.1 Å². The van der Waals surface area contributed by atoms with E-state index in [1.165, 1.54) is 51.4 Å². The van der Waals surface area contributed by atoms with Crippen LogP contribution in [0.5, 0.6) is 0 Å². The summed E-state index contributed by atoms with van der Waals surface area (Å²) in [5.74, 6) is 5.52. The second kappa shape index (κ2) is 14.9. The predicted octanol–water partition coefficient (Wildman–Crippen LogP) is 3.78. The molecule has 0 saturated heterocycles. The number of hydrogen-bond acceptors (Lipinski definition) is 3. The van der Waals surface area contributed by atoms with Gasteiger partial charge in [0.05, 0.1) is 6.61 Å². The fraction of sp³-hybridized carbons (Fsp3) is 1.00. The van der Waals surface area contributed by atoms with Gasteiger partial charge in [-0.3, -0.25) is 11.3 Å². The number of rotatable bonds is 14. The predicted molar refractivity (Wildman–Crippen MR) is 79.4 cm³/mol. The zero-order valence-electron chi connectivity index (χ0n) is 12.5. The molecule has 3 N–H and O–H groups in total. The van der Waals surface area contributed by atoms with Gasteiger partial charge >= 0.3 is 0 Å². The van der Waals surface area contributed by atoms with Crippen LogP contribution in [0.2, 0.25) is 0 Å². The SMILES string of the molecule is CCCCCCCCCCC(COCCC)NN. The average Bonchev–Trinajstić information content (AvgIpc) is 2.40. The minimum absolute atomic E-state index is 0.330. The quantitative estimate of drug-likeness (QED) is 0.283. The van der Waals surface area contributed by atoms with E-state index in [2.05, 4.69) is 19.3 Å². The van der Waals surface area contributed by atoms with Crippen molar-refractivity contribution >= 4 is 0 Å². The van der Waals surface area contributed by atoms with Crippen LogP contribution in [0.4, 0.5) is 0 Å². The van der Waals surface area contributed by atoms with Crippen LogP contribution >= 0.6 is 0 Å². The van der Waals surface area contributed by atoms with E-state index < -0.39 is 0 Å². The molecule has 0 aromatic heterocycles. The Kier molecular flexibility index (Phi) is 14.8. The molecular formula is C15H34N2O. The Hall–Kier alpha value is -0.120. The number of ether oxygens (including phenoxy) is 1. The molecule has 0 spiro atoms. The lowest BCUT2D eigenvalue weighted by Crippen LogP contribution is -2.38. The lowest BCUT2D eigenvalue weighted by Gasteiger charge is -2.15. The Balaban J connectivity index is 3.23. The number of unbranched alkanes of at least 4 members (excludes halogenated alkanes) is 7. The standard InChI is InChI=1S/C15H34N2O/c1-3-5-6-7-8-9-10-11-12-15(17-16)14-18-13-4-2/h15,17H,3-14,16H2,1-2H3. The third kappa shape index (κ3) is 12.3. The molecule has 0 fully saturated rings. The maximum Gasteiger partial charge on any atom is 0.0633 e. The average molecular weight is 258 g/mol. The third-order valence-corrected chi connectivity index (χ3v) is 3.31. The first kappa shape index (κ1) is 17.9. The van der Waals surface area contributed by atoms with Gasteiger partial charge in [0, 0.05) is 12.6 Å². The molecule has 0 aliphatic heterocycles. The van der Waals surface area contributed by atoms with Gasteiger partial charge in [-0.15, -0.1) is 0 Å². The second-order valence-corrected chi connectivity index (χ2v) is 5.20. The first-order chi connectivity index (χ1) is 8.85. The van der Waals surface area contributed by atoms with E-state index in [9.17, 15) is 0 Å². The van der Waals surface area contributed by atoms with E-state index in [4.69, 9.17) is 10.6 Å². The maximum absolute atomic E-state index is 5.52. The van der Waals surface area contributed by atoms with Crippen molar-refractivity contribution in [3.8, 4) is 0 Å². The van der Waals surface area contributed by atoms with E-state index in [-0.39, 0.29) is 0 Å². The maximum atomic E-state index is 5.52. The van der Waals surface area contributed by atoms with Crippen LogP contribution in [-0.4, -0.2) is 19.3 Å². The highest BCUT2D eigenvalue weighted by Gasteiger charge is 2.05. The van der Waals surface area contributed by atoms with Crippen LogP contribution in [0, 0.1) is 0 Å². The number of hydrogen-bond donors (Lipinski definition) is 2. The molecule has 0 amide bonds. The normalized spacial score (nSPS) is 12.8. The molecule has 0 radical (unpaired) electrons. The summed E-state index contributed by atoms with van der Waals surface area (Å²) in [4.78, 5) is 0. The molecule has 0 aliphatic rings. The second-order valence-electron chi connectivity index (χ2n) is 5.20. The molecule has 110 valence electrons. The van der Waals surface area contributed by atoms with Crippen LogP contribution in [0.25, 0.3) is 0 Å². The first-order valence-corrected chi connectivity index (χ1v) is 7.89. The first-order valence-electron chi connectivity index (χ1n) is 7.89. The van der Waals surface area contributed by atoms with Crippen molar-refractivity contribution in [3.63, 3.8) is 0 Å². The molecule has 0 bridgehead atoms. The smallest absolute Gasteiger partial charge is 0.0633 e. The van der Waals surface area contributed by atoms with Crippen molar-refractivity contribution in [2.75, 3.05) is 13.2 Å². The van der Waals surface area contributed by atoms with Crippen LogP contribution in [0.15, 0.2) is 0 Å². The number of hydrazine groups is 1. The largest absolute Gasteiger partial charge is 0.380 e. The molecule has 1 atom stereocenters. The van der Waals surface area contributed by atoms with E-state index in [1.54, 1.807) is 0 Å². The highest BCUT2D eigenvalue weighted by molar-refractivity contribution is 4.62. The van der Waals surface area contributed by atoms with Gasteiger partial charge in [0.25, 0.3) is 0 Å². The summed E-state index contributed by atoms with van der Waals surface area (Å²) in [5.41, 5.74) is 2.85. The van der Waals surface area contributed by atoms with Gasteiger partial charge in [0.2, 0.25) is 0 Å². The van der Waals surface area contributed by atoms with Crippen LogP contribution in [0.3, 0.4) is 0 Å². The van der Waals surface area contributed by atoms with Crippen LogP contribution in [-0.2, 0) is 4.74 Å². The Morgan fingerprint density at radius 1 is 0.889 bits per heavy atom. The van der Waals surface area contributed by atoms with E-state index >= 15 is 0 Å². The molecule has 3 heteroatoms. The van der Waals surface area contributed by atoms with Gasteiger partial charge in [-0.25, -0.2) is 0 Å². The van der Waals surface area contributed by atoms with Crippen molar-refractivity contribution in [1.82, 2.24) is 5.43 Å². The van der Waals surface area contributed by atoms with Gasteiger partial charge < -0.3 is 4.74 Å². The Morgan fingerprint density at radius 2 is 1.50 bits per heavy atom. The summed E-state index contributed by atoms with van der Waals surface area (Å²) in [6, 6.07) is 0.330. The van der Waals surface area contributed by atoms with E-state index in [0.29, 0.717) is 6.04 Å².